The lowest BCUT2D eigenvalue weighted by Gasteiger charge is -2.26. The monoisotopic (exact) mass is 354 g/mol. The van der Waals surface area contributed by atoms with Gasteiger partial charge in [0.1, 0.15) is 0 Å². The number of carbonyl (C=O) groups is 2. The zero-order valence-corrected chi connectivity index (χ0v) is 15.5. The van der Waals surface area contributed by atoms with Crippen LogP contribution in [0.4, 0.5) is 10.5 Å². The third-order valence-corrected chi connectivity index (χ3v) is 4.19. The topological polar surface area (TPSA) is 87.5 Å². The van der Waals surface area contributed by atoms with Crippen molar-refractivity contribution >= 4 is 17.6 Å². The Balaban J connectivity index is 2.12. The van der Waals surface area contributed by atoms with Gasteiger partial charge in [-0.3, -0.25) is 15.2 Å². The fourth-order valence-corrected chi connectivity index (χ4v) is 2.82. The van der Waals surface area contributed by atoms with Gasteiger partial charge in [0.15, 0.2) is 0 Å². The molecule has 0 saturated heterocycles. The van der Waals surface area contributed by atoms with E-state index >= 15 is 0 Å². The molecule has 0 radical (unpaired) electrons. The van der Waals surface area contributed by atoms with Gasteiger partial charge in [-0.2, -0.15) is 0 Å². The van der Waals surface area contributed by atoms with Gasteiger partial charge in [0, 0.05) is 6.54 Å². The van der Waals surface area contributed by atoms with Crippen LogP contribution in [0.25, 0.3) is 0 Å². The van der Waals surface area contributed by atoms with Crippen LogP contribution in [-0.4, -0.2) is 18.5 Å². The van der Waals surface area contributed by atoms with E-state index < -0.39 is 12.1 Å². The van der Waals surface area contributed by atoms with Crippen molar-refractivity contribution in [2.75, 3.05) is 11.6 Å². The Hall–Kier alpha value is -3.02. The molecule has 1 atom stereocenters. The molecule has 26 heavy (non-hydrogen) atoms. The Bertz CT molecular complexity index is 759. The van der Waals surface area contributed by atoms with Gasteiger partial charge in [-0.25, -0.2) is 4.79 Å². The summed E-state index contributed by atoms with van der Waals surface area (Å²) < 4.78 is 0. The van der Waals surface area contributed by atoms with E-state index in [1.165, 1.54) is 0 Å². The van der Waals surface area contributed by atoms with Crippen molar-refractivity contribution in [2.45, 2.75) is 33.2 Å². The van der Waals surface area contributed by atoms with Crippen molar-refractivity contribution < 1.29 is 9.59 Å². The molecule has 0 aliphatic rings. The molecule has 0 spiro atoms. The standard InChI is InChI=1S/C20H26N4O2/c1-4-24(16-11-9-14(2)10-12-16)23-19(25)13-18(22-20(21)26)17-8-6-5-7-15(17)3/h5-12,18H,4,13H2,1-3H3,(H,23,25)(H3,21,22,26)/t18-/m0/s1. The van der Waals surface area contributed by atoms with Crippen LogP contribution in [0.1, 0.15) is 36.1 Å². The highest BCUT2D eigenvalue weighted by Crippen LogP contribution is 2.21. The van der Waals surface area contributed by atoms with E-state index in [-0.39, 0.29) is 12.3 Å². The Morgan fingerprint density at radius 2 is 1.73 bits per heavy atom. The quantitative estimate of drug-likeness (QED) is 0.668. The van der Waals surface area contributed by atoms with Crippen molar-refractivity contribution in [1.29, 1.82) is 0 Å². The van der Waals surface area contributed by atoms with Crippen LogP contribution in [0.15, 0.2) is 48.5 Å². The van der Waals surface area contributed by atoms with E-state index in [0.717, 1.165) is 22.4 Å². The summed E-state index contributed by atoms with van der Waals surface area (Å²) in [6, 6.07) is 14.4. The lowest BCUT2D eigenvalue weighted by atomic mass is 9.98. The molecule has 4 N–H and O–H groups in total. The van der Waals surface area contributed by atoms with Gasteiger partial charge in [-0.1, -0.05) is 42.0 Å². The van der Waals surface area contributed by atoms with Gasteiger partial charge in [-0.15, -0.1) is 0 Å². The maximum atomic E-state index is 12.6. The lowest BCUT2D eigenvalue weighted by Crippen LogP contribution is -2.44. The van der Waals surface area contributed by atoms with E-state index in [9.17, 15) is 9.59 Å². The van der Waals surface area contributed by atoms with Crippen LogP contribution in [0.5, 0.6) is 0 Å². The molecule has 0 saturated carbocycles. The Kier molecular flexibility index (Phi) is 6.60. The summed E-state index contributed by atoms with van der Waals surface area (Å²) in [5.74, 6) is -0.200. The zero-order valence-electron chi connectivity index (χ0n) is 15.5. The van der Waals surface area contributed by atoms with Crippen molar-refractivity contribution in [3.05, 3.63) is 65.2 Å². The number of urea groups is 1. The number of hydrogen-bond acceptors (Lipinski definition) is 3. The number of nitrogens with two attached hydrogens (primary N) is 1. The number of anilines is 1. The molecule has 0 aliphatic carbocycles. The molecule has 0 aliphatic heterocycles. The lowest BCUT2D eigenvalue weighted by molar-refractivity contribution is -0.121. The second-order valence-electron chi connectivity index (χ2n) is 6.24. The van der Waals surface area contributed by atoms with Crippen LogP contribution >= 0.6 is 0 Å². The summed E-state index contributed by atoms with van der Waals surface area (Å²) in [5, 5.41) is 4.44. The predicted octanol–water partition coefficient (Wildman–Crippen LogP) is 2.96. The average molecular weight is 354 g/mol. The molecule has 0 unspecified atom stereocenters. The van der Waals surface area contributed by atoms with E-state index in [2.05, 4.69) is 10.7 Å². The van der Waals surface area contributed by atoms with Gasteiger partial charge >= 0.3 is 6.03 Å². The SMILES string of the molecule is CCN(NC(=O)C[C@H](NC(N)=O)c1ccccc1C)c1ccc(C)cc1. The van der Waals surface area contributed by atoms with Crippen molar-refractivity contribution in [1.82, 2.24) is 10.7 Å². The number of amides is 3. The molecule has 2 aromatic carbocycles. The van der Waals surface area contributed by atoms with E-state index in [1.54, 1.807) is 5.01 Å². The van der Waals surface area contributed by atoms with E-state index in [0.29, 0.717) is 6.54 Å². The highest BCUT2D eigenvalue weighted by atomic mass is 16.2. The van der Waals surface area contributed by atoms with Crippen molar-refractivity contribution in [2.24, 2.45) is 5.73 Å². The molecule has 0 aromatic heterocycles. The molecule has 138 valence electrons. The number of aryl methyl sites for hydroxylation is 2. The first-order chi connectivity index (χ1) is 12.4. The van der Waals surface area contributed by atoms with Gasteiger partial charge in [0.05, 0.1) is 18.2 Å². The normalized spacial score (nSPS) is 11.5. The highest BCUT2D eigenvalue weighted by molar-refractivity contribution is 5.80. The van der Waals surface area contributed by atoms with Gasteiger partial charge in [0.25, 0.3) is 0 Å². The first kappa shape index (κ1) is 19.3. The summed E-state index contributed by atoms with van der Waals surface area (Å²) >= 11 is 0. The largest absolute Gasteiger partial charge is 0.352 e. The van der Waals surface area contributed by atoms with Crippen LogP contribution in [0.2, 0.25) is 0 Å². The first-order valence-corrected chi connectivity index (χ1v) is 8.66. The number of hydrazine groups is 1. The molecule has 2 aromatic rings. The second-order valence-corrected chi connectivity index (χ2v) is 6.24. The number of nitrogens with one attached hydrogen (secondary N) is 2. The van der Waals surface area contributed by atoms with E-state index in [1.807, 2.05) is 69.3 Å². The average Bonchev–Trinajstić information content (AvgIpc) is 2.60. The van der Waals surface area contributed by atoms with Gasteiger partial charge < -0.3 is 11.1 Å². The van der Waals surface area contributed by atoms with Gasteiger partial charge in [0.2, 0.25) is 5.91 Å². The number of primary amides is 1. The Morgan fingerprint density at radius 3 is 2.31 bits per heavy atom. The minimum atomic E-state index is -0.656. The van der Waals surface area contributed by atoms with Crippen LogP contribution in [-0.2, 0) is 4.79 Å². The summed E-state index contributed by atoms with van der Waals surface area (Å²) in [4.78, 5) is 24.0. The van der Waals surface area contributed by atoms with Crippen LogP contribution in [0, 0.1) is 13.8 Å². The molecular weight excluding hydrogens is 328 g/mol. The van der Waals surface area contributed by atoms with Crippen LogP contribution in [0.3, 0.4) is 0 Å². The number of hydrogen-bond donors (Lipinski definition) is 3. The summed E-state index contributed by atoms with van der Waals surface area (Å²) in [6.45, 7) is 6.53. The molecule has 2 rings (SSSR count). The second kappa shape index (κ2) is 8.89. The number of benzene rings is 2. The van der Waals surface area contributed by atoms with Crippen molar-refractivity contribution in [3.63, 3.8) is 0 Å². The maximum absolute atomic E-state index is 12.6. The minimum Gasteiger partial charge on any atom is -0.352 e. The van der Waals surface area contributed by atoms with Crippen LogP contribution < -0.4 is 21.5 Å². The Morgan fingerprint density at radius 1 is 1.08 bits per heavy atom. The molecule has 6 heteroatoms. The van der Waals surface area contributed by atoms with E-state index in [4.69, 9.17) is 5.73 Å². The minimum absolute atomic E-state index is 0.0934. The fourth-order valence-electron chi connectivity index (χ4n) is 2.82. The molecule has 6 nitrogen and oxygen atoms in total. The predicted molar refractivity (Wildman–Crippen MR) is 104 cm³/mol. The first-order valence-electron chi connectivity index (χ1n) is 8.66. The maximum Gasteiger partial charge on any atom is 0.312 e. The van der Waals surface area contributed by atoms with Gasteiger partial charge in [-0.05, 0) is 44.0 Å². The van der Waals surface area contributed by atoms with Crippen molar-refractivity contribution in [3.8, 4) is 0 Å². The molecule has 0 heterocycles. The summed E-state index contributed by atoms with van der Waals surface area (Å²) in [7, 11) is 0. The number of carbonyl (C=O) groups excluding carboxylic acids is 2. The number of rotatable bonds is 7. The summed E-state index contributed by atoms with van der Waals surface area (Å²) in [5.41, 5.74) is 12.1. The molecule has 3 amide bonds. The molecule has 0 fully saturated rings. The zero-order chi connectivity index (χ0) is 19.1. The molecular formula is C20H26N4O2. The third kappa shape index (κ3) is 5.24. The fraction of sp³-hybridized carbons (Fsp3) is 0.300. The third-order valence-electron chi connectivity index (χ3n) is 4.19. The highest BCUT2D eigenvalue weighted by Gasteiger charge is 2.20. The summed E-state index contributed by atoms with van der Waals surface area (Å²) in [6.07, 6.45) is 0.0934. The molecule has 0 bridgehead atoms. The smallest absolute Gasteiger partial charge is 0.312 e. The Labute approximate surface area is 154 Å². The number of nitrogens with zero attached hydrogens (tertiary/aromatic N) is 1.